The van der Waals surface area contributed by atoms with Gasteiger partial charge < -0.3 is 15.0 Å². The van der Waals surface area contributed by atoms with E-state index in [4.69, 9.17) is 4.74 Å². The van der Waals surface area contributed by atoms with Gasteiger partial charge in [-0.3, -0.25) is 9.69 Å². The summed E-state index contributed by atoms with van der Waals surface area (Å²) in [5.41, 5.74) is -0.440. The Morgan fingerprint density at radius 3 is 2.84 bits per heavy atom. The molecule has 2 aliphatic heterocycles. The molecule has 19 heavy (non-hydrogen) atoms. The third kappa shape index (κ3) is 3.46. The minimum absolute atomic E-state index is 0.147. The van der Waals surface area contributed by atoms with E-state index in [1.807, 2.05) is 18.7 Å². The Hall–Kier alpha value is -0.650. The molecule has 0 spiro atoms. The summed E-state index contributed by atoms with van der Waals surface area (Å²) in [5, 5.41) is 3.26. The molecule has 0 aromatic carbocycles. The number of amides is 1. The minimum Gasteiger partial charge on any atom is -0.374 e. The van der Waals surface area contributed by atoms with Crippen LogP contribution in [0, 0.1) is 0 Å². The molecule has 0 aromatic rings. The summed E-state index contributed by atoms with van der Waals surface area (Å²) in [6.45, 7) is 13.4. The van der Waals surface area contributed by atoms with Crippen molar-refractivity contribution in [2.45, 2.75) is 45.4 Å². The topological polar surface area (TPSA) is 44.8 Å². The summed E-state index contributed by atoms with van der Waals surface area (Å²) in [5.74, 6) is 0.184. The Balaban J connectivity index is 1.91. The monoisotopic (exact) mass is 269 g/mol. The zero-order chi connectivity index (χ0) is 14.0. The zero-order valence-corrected chi connectivity index (χ0v) is 12.6. The van der Waals surface area contributed by atoms with Gasteiger partial charge in [0.15, 0.2) is 0 Å². The number of piperazine rings is 1. The first-order chi connectivity index (χ1) is 8.90. The third-order valence-corrected chi connectivity index (χ3v) is 4.10. The molecule has 5 heteroatoms. The average Bonchev–Trinajstić information content (AvgIpc) is 2.35. The lowest BCUT2D eigenvalue weighted by molar-refractivity contribution is -0.143. The first kappa shape index (κ1) is 14.8. The van der Waals surface area contributed by atoms with Crippen molar-refractivity contribution < 1.29 is 9.53 Å². The van der Waals surface area contributed by atoms with Crippen LogP contribution in [0.3, 0.4) is 0 Å². The molecule has 2 aliphatic rings. The Kier molecular flexibility index (Phi) is 4.48. The molecule has 1 amide bonds. The highest BCUT2D eigenvalue weighted by atomic mass is 16.5. The molecule has 2 fully saturated rings. The number of nitrogens with one attached hydrogen (secondary N) is 1. The molecule has 2 rings (SSSR count). The van der Waals surface area contributed by atoms with Crippen molar-refractivity contribution in [2.75, 3.05) is 39.3 Å². The van der Waals surface area contributed by atoms with E-state index in [1.54, 1.807) is 0 Å². The molecule has 2 heterocycles. The number of hydrogen-bond donors (Lipinski definition) is 1. The van der Waals surface area contributed by atoms with Crippen molar-refractivity contribution in [3.8, 4) is 0 Å². The molecular formula is C14H27N3O2. The lowest BCUT2D eigenvalue weighted by atomic mass is 10.0. The van der Waals surface area contributed by atoms with E-state index in [0.717, 1.165) is 32.8 Å². The summed E-state index contributed by atoms with van der Waals surface area (Å²) in [6.07, 6.45) is 0.147. The van der Waals surface area contributed by atoms with Gasteiger partial charge in [0, 0.05) is 38.8 Å². The Labute approximate surface area is 116 Å². The van der Waals surface area contributed by atoms with Crippen LogP contribution >= 0.6 is 0 Å². The Morgan fingerprint density at radius 1 is 1.42 bits per heavy atom. The van der Waals surface area contributed by atoms with Crippen molar-refractivity contribution in [1.82, 2.24) is 15.1 Å². The molecule has 0 aromatic heterocycles. The molecule has 0 radical (unpaired) electrons. The van der Waals surface area contributed by atoms with E-state index >= 15 is 0 Å². The number of carbonyl (C=O) groups is 1. The average molecular weight is 269 g/mol. The van der Waals surface area contributed by atoms with Gasteiger partial charge in [0.05, 0.1) is 18.2 Å². The molecule has 2 saturated heterocycles. The van der Waals surface area contributed by atoms with Crippen LogP contribution in [0.4, 0.5) is 0 Å². The van der Waals surface area contributed by atoms with Crippen molar-refractivity contribution in [3.63, 3.8) is 0 Å². The maximum Gasteiger partial charge on any atom is 0.242 e. The second-order valence-electron chi connectivity index (χ2n) is 6.38. The summed E-state index contributed by atoms with van der Waals surface area (Å²) in [7, 11) is 0. The van der Waals surface area contributed by atoms with Crippen LogP contribution in [-0.4, -0.2) is 72.7 Å². The van der Waals surface area contributed by atoms with Crippen LogP contribution in [0.5, 0.6) is 0 Å². The number of nitrogens with zero attached hydrogens (tertiary/aromatic N) is 2. The fourth-order valence-corrected chi connectivity index (χ4v) is 2.82. The van der Waals surface area contributed by atoms with Gasteiger partial charge in [0.1, 0.15) is 0 Å². The van der Waals surface area contributed by atoms with Crippen LogP contribution < -0.4 is 5.32 Å². The van der Waals surface area contributed by atoms with Gasteiger partial charge in [0.2, 0.25) is 5.91 Å². The highest BCUT2D eigenvalue weighted by molar-refractivity contribution is 5.86. The first-order valence-corrected chi connectivity index (χ1v) is 7.30. The van der Waals surface area contributed by atoms with Crippen LogP contribution in [0.25, 0.3) is 0 Å². The molecule has 0 bridgehead atoms. The van der Waals surface area contributed by atoms with E-state index in [1.165, 1.54) is 0 Å². The second-order valence-corrected chi connectivity index (χ2v) is 6.38. The smallest absolute Gasteiger partial charge is 0.242 e. The van der Waals surface area contributed by atoms with E-state index < -0.39 is 5.54 Å². The summed E-state index contributed by atoms with van der Waals surface area (Å²) in [6, 6.07) is 0.543. The van der Waals surface area contributed by atoms with Gasteiger partial charge in [-0.2, -0.15) is 0 Å². The molecule has 0 saturated carbocycles. The van der Waals surface area contributed by atoms with Gasteiger partial charge in [-0.25, -0.2) is 0 Å². The van der Waals surface area contributed by atoms with E-state index in [0.29, 0.717) is 12.6 Å². The number of hydrogen-bond acceptors (Lipinski definition) is 4. The lowest BCUT2D eigenvalue weighted by Crippen LogP contribution is -2.63. The molecular weight excluding hydrogens is 242 g/mol. The lowest BCUT2D eigenvalue weighted by Gasteiger charge is -2.42. The zero-order valence-electron chi connectivity index (χ0n) is 12.6. The van der Waals surface area contributed by atoms with Crippen LogP contribution in [-0.2, 0) is 9.53 Å². The van der Waals surface area contributed by atoms with Gasteiger partial charge in [-0.05, 0) is 27.7 Å². The SMILES string of the molecule is CC(C)N1CCOC(CN2CCNC(C)(C)C2=O)C1. The quantitative estimate of drug-likeness (QED) is 0.801. The first-order valence-electron chi connectivity index (χ1n) is 7.30. The number of carbonyl (C=O) groups excluding carboxylic acids is 1. The second kappa shape index (κ2) is 5.77. The van der Waals surface area contributed by atoms with Gasteiger partial charge >= 0.3 is 0 Å². The molecule has 1 N–H and O–H groups in total. The molecule has 5 nitrogen and oxygen atoms in total. The fourth-order valence-electron chi connectivity index (χ4n) is 2.82. The van der Waals surface area contributed by atoms with Crippen LogP contribution in [0.15, 0.2) is 0 Å². The number of rotatable bonds is 3. The normalized spacial score (nSPS) is 29.0. The van der Waals surface area contributed by atoms with Crippen molar-refractivity contribution in [3.05, 3.63) is 0 Å². The van der Waals surface area contributed by atoms with E-state index in [-0.39, 0.29) is 12.0 Å². The van der Waals surface area contributed by atoms with Crippen LogP contribution in [0.2, 0.25) is 0 Å². The Morgan fingerprint density at radius 2 is 2.16 bits per heavy atom. The number of ether oxygens (including phenoxy) is 1. The number of morpholine rings is 1. The van der Waals surface area contributed by atoms with Gasteiger partial charge in [0.25, 0.3) is 0 Å². The van der Waals surface area contributed by atoms with Gasteiger partial charge in [-0.15, -0.1) is 0 Å². The summed E-state index contributed by atoms with van der Waals surface area (Å²) >= 11 is 0. The van der Waals surface area contributed by atoms with Crippen molar-refractivity contribution in [2.24, 2.45) is 0 Å². The summed E-state index contributed by atoms with van der Waals surface area (Å²) < 4.78 is 5.82. The standard InChI is InChI=1S/C14H27N3O2/c1-11(2)16-7-8-19-12(9-16)10-17-6-5-15-14(3,4)13(17)18/h11-12,15H,5-10H2,1-4H3. The molecule has 1 atom stereocenters. The predicted molar refractivity (Wildman–Crippen MR) is 75.1 cm³/mol. The van der Waals surface area contributed by atoms with Gasteiger partial charge in [-0.1, -0.05) is 0 Å². The predicted octanol–water partition coefficient (Wildman–Crippen LogP) is 0.306. The van der Waals surface area contributed by atoms with E-state index in [2.05, 4.69) is 24.1 Å². The molecule has 0 aliphatic carbocycles. The van der Waals surface area contributed by atoms with Crippen molar-refractivity contribution >= 4 is 5.91 Å². The highest BCUT2D eigenvalue weighted by Gasteiger charge is 2.36. The fraction of sp³-hybridized carbons (Fsp3) is 0.929. The molecule has 1 unspecified atom stereocenters. The maximum absolute atomic E-state index is 12.3. The maximum atomic E-state index is 12.3. The van der Waals surface area contributed by atoms with Crippen LogP contribution in [0.1, 0.15) is 27.7 Å². The third-order valence-electron chi connectivity index (χ3n) is 4.10. The van der Waals surface area contributed by atoms with E-state index in [9.17, 15) is 4.79 Å². The summed E-state index contributed by atoms with van der Waals surface area (Å²) in [4.78, 5) is 16.7. The largest absolute Gasteiger partial charge is 0.374 e. The minimum atomic E-state index is -0.440. The van der Waals surface area contributed by atoms with Crippen molar-refractivity contribution in [1.29, 1.82) is 0 Å². The Bertz CT molecular complexity index is 331. The molecule has 110 valence electrons. The highest BCUT2D eigenvalue weighted by Crippen LogP contribution is 2.15.